The molecule has 0 spiro atoms. The molecular weight excluding hydrogens is 246 g/mol. The summed E-state index contributed by atoms with van der Waals surface area (Å²) in [6.45, 7) is 8.53. The second kappa shape index (κ2) is 6.03. The van der Waals surface area contributed by atoms with Crippen LogP contribution < -0.4 is 10.6 Å². The standard InChI is InChI=1S/C13H27N3O3/c1-13(2,3)10-7-11(16(4)19-10)15-12(17)9-8-18-6-5-14-9/h9-12,14-15,17H,5-8H2,1-4H3. The fourth-order valence-electron chi connectivity index (χ4n) is 2.45. The van der Waals surface area contributed by atoms with Crippen LogP contribution in [0.3, 0.4) is 0 Å². The summed E-state index contributed by atoms with van der Waals surface area (Å²) in [4.78, 5) is 5.83. The van der Waals surface area contributed by atoms with E-state index in [2.05, 4.69) is 31.4 Å². The normalized spacial score (nSPS) is 35.5. The van der Waals surface area contributed by atoms with Gasteiger partial charge in [-0.3, -0.25) is 10.2 Å². The maximum absolute atomic E-state index is 10.2. The molecule has 0 aromatic rings. The minimum Gasteiger partial charge on any atom is -0.378 e. The molecule has 112 valence electrons. The molecule has 3 N–H and O–H groups in total. The second-order valence-corrected chi connectivity index (χ2v) is 6.50. The van der Waals surface area contributed by atoms with E-state index in [1.54, 1.807) is 0 Å². The second-order valence-electron chi connectivity index (χ2n) is 6.50. The molecule has 0 saturated carbocycles. The molecule has 4 unspecified atom stereocenters. The van der Waals surface area contributed by atoms with E-state index in [0.29, 0.717) is 13.2 Å². The van der Waals surface area contributed by atoms with Crippen LogP contribution in [0.25, 0.3) is 0 Å². The van der Waals surface area contributed by atoms with E-state index in [-0.39, 0.29) is 23.7 Å². The van der Waals surface area contributed by atoms with Crippen LogP contribution in [0.2, 0.25) is 0 Å². The molecule has 2 saturated heterocycles. The molecule has 0 aromatic carbocycles. The molecule has 6 nitrogen and oxygen atoms in total. The third kappa shape index (κ3) is 3.87. The Morgan fingerprint density at radius 1 is 1.42 bits per heavy atom. The van der Waals surface area contributed by atoms with Crippen molar-refractivity contribution in [2.24, 2.45) is 5.41 Å². The molecule has 0 radical (unpaired) electrons. The molecule has 2 aliphatic rings. The van der Waals surface area contributed by atoms with Gasteiger partial charge >= 0.3 is 0 Å². The third-order valence-electron chi connectivity index (χ3n) is 3.83. The minimum absolute atomic E-state index is 0.0305. The largest absolute Gasteiger partial charge is 0.378 e. The smallest absolute Gasteiger partial charge is 0.123 e. The summed E-state index contributed by atoms with van der Waals surface area (Å²) in [5.74, 6) is 0. The monoisotopic (exact) mass is 273 g/mol. The highest BCUT2D eigenvalue weighted by molar-refractivity contribution is 4.86. The average Bonchev–Trinajstić information content (AvgIpc) is 2.72. The lowest BCUT2D eigenvalue weighted by Gasteiger charge is -2.31. The van der Waals surface area contributed by atoms with Crippen molar-refractivity contribution in [1.29, 1.82) is 0 Å². The summed E-state index contributed by atoms with van der Waals surface area (Å²) in [5.41, 5.74) is 0.0990. The number of ether oxygens (including phenoxy) is 1. The van der Waals surface area contributed by atoms with Gasteiger partial charge in [0.05, 0.1) is 31.5 Å². The van der Waals surface area contributed by atoms with Gasteiger partial charge in [0.25, 0.3) is 0 Å². The van der Waals surface area contributed by atoms with Crippen LogP contribution in [0.1, 0.15) is 27.2 Å². The van der Waals surface area contributed by atoms with Gasteiger partial charge in [-0.1, -0.05) is 20.8 Å². The molecule has 6 heteroatoms. The Morgan fingerprint density at radius 2 is 2.16 bits per heavy atom. The summed E-state index contributed by atoms with van der Waals surface area (Å²) in [5, 5.41) is 18.5. The molecule has 0 bridgehead atoms. The lowest BCUT2D eigenvalue weighted by Crippen LogP contribution is -2.57. The van der Waals surface area contributed by atoms with Crippen molar-refractivity contribution in [2.75, 3.05) is 26.8 Å². The lowest BCUT2D eigenvalue weighted by molar-refractivity contribution is -0.176. The molecule has 2 fully saturated rings. The summed E-state index contributed by atoms with van der Waals surface area (Å²) in [6, 6.07) is -0.0594. The molecule has 0 aliphatic carbocycles. The van der Waals surface area contributed by atoms with Crippen LogP contribution in [0.15, 0.2) is 0 Å². The lowest BCUT2D eigenvalue weighted by atomic mass is 9.87. The summed E-state index contributed by atoms with van der Waals surface area (Å²) in [7, 11) is 1.90. The van der Waals surface area contributed by atoms with Crippen LogP contribution in [0, 0.1) is 5.41 Å². The average molecular weight is 273 g/mol. The predicted octanol–water partition coefficient (Wildman–Crippen LogP) is -0.109. The van der Waals surface area contributed by atoms with Crippen molar-refractivity contribution in [3.63, 3.8) is 0 Å². The quantitative estimate of drug-likeness (QED) is 0.624. The van der Waals surface area contributed by atoms with Gasteiger partial charge in [0.1, 0.15) is 6.23 Å². The van der Waals surface area contributed by atoms with E-state index < -0.39 is 6.23 Å². The van der Waals surface area contributed by atoms with Gasteiger partial charge in [-0.2, -0.15) is 5.06 Å². The van der Waals surface area contributed by atoms with Crippen LogP contribution >= 0.6 is 0 Å². The molecule has 0 amide bonds. The van der Waals surface area contributed by atoms with Crippen molar-refractivity contribution in [3.8, 4) is 0 Å². The first-order valence-corrected chi connectivity index (χ1v) is 7.03. The number of hydrogen-bond acceptors (Lipinski definition) is 6. The fraction of sp³-hybridized carbons (Fsp3) is 1.00. The SMILES string of the molecule is CN1OC(C(C)(C)C)CC1NC(O)C1COCCN1. The first kappa shape index (κ1) is 15.2. The van der Waals surface area contributed by atoms with Gasteiger partial charge < -0.3 is 15.2 Å². The third-order valence-corrected chi connectivity index (χ3v) is 3.83. The van der Waals surface area contributed by atoms with E-state index >= 15 is 0 Å². The first-order chi connectivity index (χ1) is 8.88. The fourth-order valence-corrected chi connectivity index (χ4v) is 2.45. The Labute approximate surface area is 115 Å². The number of nitrogens with one attached hydrogen (secondary N) is 2. The first-order valence-electron chi connectivity index (χ1n) is 7.03. The Kier molecular flexibility index (Phi) is 4.81. The zero-order chi connectivity index (χ0) is 14.0. The molecule has 2 heterocycles. The Balaban J connectivity index is 1.85. The zero-order valence-corrected chi connectivity index (χ0v) is 12.3. The number of hydroxylamine groups is 2. The number of aliphatic hydroxyl groups is 1. The van der Waals surface area contributed by atoms with Gasteiger partial charge in [-0.05, 0) is 5.41 Å². The van der Waals surface area contributed by atoms with Crippen molar-refractivity contribution in [3.05, 3.63) is 0 Å². The Bertz CT molecular complexity index is 289. The number of aliphatic hydroxyl groups excluding tert-OH is 1. The van der Waals surface area contributed by atoms with Crippen molar-refractivity contribution >= 4 is 0 Å². The highest BCUT2D eigenvalue weighted by Crippen LogP contribution is 2.32. The van der Waals surface area contributed by atoms with Crippen LogP contribution in [-0.4, -0.2) is 61.5 Å². The van der Waals surface area contributed by atoms with Gasteiger partial charge in [0.2, 0.25) is 0 Å². The van der Waals surface area contributed by atoms with E-state index in [9.17, 15) is 5.11 Å². The molecule has 2 rings (SSSR count). The Hall–Kier alpha value is -0.240. The highest BCUT2D eigenvalue weighted by atomic mass is 16.7. The van der Waals surface area contributed by atoms with Gasteiger partial charge in [0.15, 0.2) is 0 Å². The topological polar surface area (TPSA) is 66.0 Å². The maximum Gasteiger partial charge on any atom is 0.123 e. The molecular formula is C13H27N3O3. The van der Waals surface area contributed by atoms with Crippen molar-refractivity contribution in [2.45, 2.75) is 51.7 Å². The summed E-state index contributed by atoms with van der Waals surface area (Å²) in [6.07, 6.45) is 0.431. The molecule has 2 aliphatic heterocycles. The number of hydrogen-bond donors (Lipinski definition) is 3. The zero-order valence-electron chi connectivity index (χ0n) is 12.3. The van der Waals surface area contributed by atoms with Gasteiger partial charge in [0, 0.05) is 20.0 Å². The molecule has 19 heavy (non-hydrogen) atoms. The van der Waals surface area contributed by atoms with E-state index in [1.165, 1.54) is 0 Å². The minimum atomic E-state index is -0.630. The Morgan fingerprint density at radius 3 is 2.68 bits per heavy atom. The van der Waals surface area contributed by atoms with Crippen LogP contribution in [-0.2, 0) is 9.57 Å². The number of rotatable bonds is 3. The number of nitrogens with zero attached hydrogens (tertiary/aromatic N) is 1. The summed E-state index contributed by atoms with van der Waals surface area (Å²) < 4.78 is 5.36. The van der Waals surface area contributed by atoms with Gasteiger partial charge in [-0.15, -0.1) is 0 Å². The highest BCUT2D eigenvalue weighted by Gasteiger charge is 2.39. The van der Waals surface area contributed by atoms with Gasteiger partial charge in [-0.25, -0.2) is 0 Å². The van der Waals surface area contributed by atoms with Crippen LogP contribution in [0.4, 0.5) is 0 Å². The summed E-state index contributed by atoms with van der Waals surface area (Å²) >= 11 is 0. The number of morpholine rings is 1. The van der Waals surface area contributed by atoms with Crippen molar-refractivity contribution < 1.29 is 14.7 Å². The predicted molar refractivity (Wildman–Crippen MR) is 72.2 cm³/mol. The molecule has 4 atom stereocenters. The van der Waals surface area contributed by atoms with Crippen molar-refractivity contribution in [1.82, 2.24) is 15.7 Å². The van der Waals surface area contributed by atoms with Crippen LogP contribution in [0.5, 0.6) is 0 Å². The van der Waals surface area contributed by atoms with E-state index in [4.69, 9.17) is 9.57 Å². The van der Waals surface area contributed by atoms with E-state index in [0.717, 1.165) is 13.0 Å². The molecule has 0 aromatic heterocycles. The maximum atomic E-state index is 10.2. The van der Waals surface area contributed by atoms with E-state index in [1.807, 2.05) is 12.1 Å².